The molecule has 2 atom stereocenters. The number of ether oxygens (including phenoxy) is 1. The Bertz CT molecular complexity index is 70.0. The zero-order valence-corrected chi connectivity index (χ0v) is 5.58. The average molecular weight is 134 g/mol. The standard InChI is InChI=1S/C5H14N2O2/c1-9-3-5(7)4(6)2-8/h4-5,8H,2-3,6-7H2,1H3. The predicted molar refractivity (Wildman–Crippen MR) is 34.9 cm³/mol. The van der Waals surface area contributed by atoms with Crippen LogP contribution in [-0.2, 0) is 4.74 Å². The summed E-state index contributed by atoms with van der Waals surface area (Å²) in [6, 6.07) is -0.634. The van der Waals surface area contributed by atoms with E-state index in [9.17, 15) is 0 Å². The monoisotopic (exact) mass is 134 g/mol. The zero-order valence-electron chi connectivity index (χ0n) is 5.58. The highest BCUT2D eigenvalue weighted by atomic mass is 16.5. The van der Waals surface area contributed by atoms with Gasteiger partial charge in [-0.05, 0) is 0 Å². The molecule has 0 aliphatic rings. The summed E-state index contributed by atoms with van der Waals surface area (Å²) in [5.74, 6) is 0. The minimum Gasteiger partial charge on any atom is -0.395 e. The van der Waals surface area contributed by atoms with E-state index >= 15 is 0 Å². The Labute approximate surface area is 54.8 Å². The van der Waals surface area contributed by atoms with Crippen LogP contribution in [0.5, 0.6) is 0 Å². The maximum atomic E-state index is 8.47. The molecular formula is C5H14N2O2. The number of aliphatic hydroxyl groups excluding tert-OH is 1. The molecule has 4 heteroatoms. The van der Waals surface area contributed by atoms with Gasteiger partial charge in [-0.15, -0.1) is 0 Å². The van der Waals surface area contributed by atoms with Gasteiger partial charge in [-0.1, -0.05) is 0 Å². The highest BCUT2D eigenvalue weighted by Gasteiger charge is 2.10. The van der Waals surface area contributed by atoms with Crippen LogP contribution in [0.25, 0.3) is 0 Å². The molecule has 0 aromatic rings. The largest absolute Gasteiger partial charge is 0.395 e. The Kier molecular flexibility index (Phi) is 4.61. The van der Waals surface area contributed by atoms with Crippen molar-refractivity contribution in [1.82, 2.24) is 0 Å². The van der Waals surface area contributed by atoms with E-state index in [1.165, 1.54) is 0 Å². The molecule has 0 heterocycles. The SMILES string of the molecule is COCC(N)C(N)CO. The Hall–Kier alpha value is -0.160. The second-order valence-corrected chi connectivity index (χ2v) is 1.97. The van der Waals surface area contributed by atoms with Gasteiger partial charge in [0, 0.05) is 19.2 Å². The molecule has 4 nitrogen and oxygen atoms in total. The number of methoxy groups -OCH3 is 1. The molecule has 0 saturated carbocycles. The van der Waals surface area contributed by atoms with Crippen molar-refractivity contribution in [3.05, 3.63) is 0 Å². The van der Waals surface area contributed by atoms with Crippen LogP contribution >= 0.6 is 0 Å². The van der Waals surface area contributed by atoms with Gasteiger partial charge in [0.15, 0.2) is 0 Å². The van der Waals surface area contributed by atoms with Gasteiger partial charge in [-0.2, -0.15) is 0 Å². The third kappa shape index (κ3) is 3.42. The van der Waals surface area contributed by atoms with Crippen molar-refractivity contribution in [1.29, 1.82) is 0 Å². The van der Waals surface area contributed by atoms with Crippen molar-refractivity contribution in [2.24, 2.45) is 11.5 Å². The molecule has 5 N–H and O–H groups in total. The molecule has 0 aromatic heterocycles. The molecule has 56 valence electrons. The molecule has 0 radical (unpaired) electrons. The van der Waals surface area contributed by atoms with E-state index in [2.05, 4.69) is 0 Å². The smallest absolute Gasteiger partial charge is 0.0629 e. The Morgan fingerprint density at radius 1 is 1.44 bits per heavy atom. The quantitative estimate of drug-likeness (QED) is 0.427. The third-order valence-electron chi connectivity index (χ3n) is 1.12. The summed E-state index contributed by atoms with van der Waals surface area (Å²) in [7, 11) is 1.55. The van der Waals surface area contributed by atoms with Gasteiger partial charge in [-0.3, -0.25) is 0 Å². The summed E-state index contributed by atoms with van der Waals surface area (Å²) < 4.78 is 4.71. The van der Waals surface area contributed by atoms with Crippen LogP contribution in [0.3, 0.4) is 0 Å². The third-order valence-corrected chi connectivity index (χ3v) is 1.12. The summed E-state index contributed by atoms with van der Waals surface area (Å²) >= 11 is 0. The second-order valence-electron chi connectivity index (χ2n) is 1.97. The minimum atomic E-state index is -0.370. The van der Waals surface area contributed by atoms with Gasteiger partial charge in [-0.25, -0.2) is 0 Å². The minimum absolute atomic E-state index is 0.0927. The number of rotatable bonds is 4. The van der Waals surface area contributed by atoms with Gasteiger partial charge in [0.25, 0.3) is 0 Å². The van der Waals surface area contributed by atoms with E-state index < -0.39 is 0 Å². The highest BCUT2D eigenvalue weighted by molar-refractivity contribution is 4.73. The van der Waals surface area contributed by atoms with E-state index in [0.717, 1.165) is 0 Å². The first kappa shape index (κ1) is 8.84. The fraction of sp³-hybridized carbons (Fsp3) is 1.00. The van der Waals surface area contributed by atoms with E-state index in [-0.39, 0.29) is 18.7 Å². The van der Waals surface area contributed by atoms with Gasteiger partial charge < -0.3 is 21.3 Å². The first-order chi connectivity index (χ1) is 4.22. The van der Waals surface area contributed by atoms with Crippen LogP contribution in [0.2, 0.25) is 0 Å². The lowest BCUT2D eigenvalue weighted by Gasteiger charge is -2.15. The van der Waals surface area contributed by atoms with E-state index in [0.29, 0.717) is 6.61 Å². The van der Waals surface area contributed by atoms with E-state index in [1.807, 2.05) is 0 Å². The Morgan fingerprint density at radius 3 is 2.33 bits per heavy atom. The Balaban J connectivity index is 3.32. The zero-order chi connectivity index (χ0) is 7.28. The highest BCUT2D eigenvalue weighted by Crippen LogP contribution is 1.84. The molecule has 0 bridgehead atoms. The average Bonchev–Trinajstić information content (AvgIpc) is 1.87. The van der Waals surface area contributed by atoms with Crippen molar-refractivity contribution in [3.63, 3.8) is 0 Å². The first-order valence-electron chi connectivity index (χ1n) is 2.83. The van der Waals surface area contributed by atoms with Crippen LogP contribution in [0.15, 0.2) is 0 Å². The summed E-state index contributed by atoms with van der Waals surface area (Å²) in [6.07, 6.45) is 0. The van der Waals surface area contributed by atoms with E-state index in [1.54, 1.807) is 7.11 Å². The summed E-state index contributed by atoms with van der Waals surface area (Å²) in [5.41, 5.74) is 10.8. The molecule has 0 aliphatic heterocycles. The summed E-state index contributed by atoms with van der Waals surface area (Å²) in [5, 5.41) is 8.47. The molecular weight excluding hydrogens is 120 g/mol. The van der Waals surface area contributed by atoms with Gasteiger partial charge in [0.1, 0.15) is 0 Å². The molecule has 0 aromatic carbocycles. The summed E-state index contributed by atoms with van der Waals surface area (Å²) in [4.78, 5) is 0. The fourth-order valence-corrected chi connectivity index (χ4v) is 0.451. The second kappa shape index (κ2) is 4.69. The van der Waals surface area contributed by atoms with Crippen molar-refractivity contribution < 1.29 is 9.84 Å². The maximum absolute atomic E-state index is 8.47. The van der Waals surface area contributed by atoms with Gasteiger partial charge in [0.2, 0.25) is 0 Å². The lowest BCUT2D eigenvalue weighted by atomic mass is 10.2. The molecule has 0 amide bonds. The lowest BCUT2D eigenvalue weighted by molar-refractivity contribution is 0.152. The van der Waals surface area contributed by atoms with Crippen LogP contribution in [-0.4, -0.2) is 37.5 Å². The van der Waals surface area contributed by atoms with Gasteiger partial charge >= 0.3 is 0 Å². The van der Waals surface area contributed by atoms with Crippen molar-refractivity contribution >= 4 is 0 Å². The molecule has 0 rings (SSSR count). The molecule has 0 saturated heterocycles. The lowest BCUT2D eigenvalue weighted by Crippen LogP contribution is -2.46. The topological polar surface area (TPSA) is 81.5 Å². The van der Waals surface area contributed by atoms with Crippen LogP contribution < -0.4 is 11.5 Å². The number of hydrogen-bond acceptors (Lipinski definition) is 4. The number of hydrogen-bond donors (Lipinski definition) is 3. The number of aliphatic hydroxyl groups is 1. The van der Waals surface area contributed by atoms with Crippen LogP contribution in [0.4, 0.5) is 0 Å². The van der Waals surface area contributed by atoms with Crippen molar-refractivity contribution in [2.45, 2.75) is 12.1 Å². The van der Waals surface area contributed by atoms with Crippen molar-refractivity contribution in [2.75, 3.05) is 20.3 Å². The Morgan fingerprint density at radius 2 is 2.00 bits per heavy atom. The van der Waals surface area contributed by atoms with Gasteiger partial charge in [0.05, 0.1) is 13.2 Å². The maximum Gasteiger partial charge on any atom is 0.0629 e. The molecule has 0 aliphatic carbocycles. The fourth-order valence-electron chi connectivity index (χ4n) is 0.451. The molecule has 0 fully saturated rings. The van der Waals surface area contributed by atoms with Crippen molar-refractivity contribution in [3.8, 4) is 0 Å². The predicted octanol–water partition coefficient (Wildman–Crippen LogP) is -1.72. The summed E-state index contributed by atoms with van der Waals surface area (Å²) in [6.45, 7) is 0.298. The normalized spacial score (nSPS) is 17.3. The van der Waals surface area contributed by atoms with Crippen LogP contribution in [0, 0.1) is 0 Å². The number of nitrogens with two attached hydrogens (primary N) is 2. The molecule has 2 unspecified atom stereocenters. The molecule has 9 heavy (non-hydrogen) atoms. The first-order valence-corrected chi connectivity index (χ1v) is 2.83. The van der Waals surface area contributed by atoms with Crippen LogP contribution in [0.1, 0.15) is 0 Å². The van der Waals surface area contributed by atoms with E-state index in [4.69, 9.17) is 21.3 Å². The molecule has 0 spiro atoms.